The Morgan fingerprint density at radius 1 is 1.12 bits per heavy atom. The average Bonchev–Trinajstić information content (AvgIpc) is 2.58. The molecule has 2 rings (SSSR count). The number of benzene rings is 2. The van der Waals surface area contributed by atoms with Crippen LogP contribution in [0.2, 0.25) is 0 Å². The summed E-state index contributed by atoms with van der Waals surface area (Å²) in [5.41, 5.74) is 2.53. The lowest BCUT2D eigenvalue weighted by Crippen LogP contribution is -2.32. The van der Waals surface area contributed by atoms with Gasteiger partial charge in [0.1, 0.15) is 5.82 Å². The summed E-state index contributed by atoms with van der Waals surface area (Å²) in [4.78, 5) is 12.0. The molecule has 26 heavy (non-hydrogen) atoms. The average molecular weight is 378 g/mol. The van der Waals surface area contributed by atoms with Crippen LogP contribution in [0.5, 0.6) is 0 Å². The molecule has 0 spiro atoms. The van der Waals surface area contributed by atoms with Crippen LogP contribution in [0, 0.1) is 12.7 Å². The Kier molecular flexibility index (Phi) is 6.74. The first-order valence-electron chi connectivity index (χ1n) is 8.32. The molecule has 0 aliphatic rings. The summed E-state index contributed by atoms with van der Waals surface area (Å²) in [5, 5.41) is 2.84. The first-order chi connectivity index (χ1) is 12.3. The predicted molar refractivity (Wildman–Crippen MR) is 101 cm³/mol. The van der Waals surface area contributed by atoms with E-state index >= 15 is 0 Å². The zero-order valence-corrected chi connectivity index (χ0v) is 15.7. The summed E-state index contributed by atoms with van der Waals surface area (Å²) in [5.74, 6) is -0.571. The third kappa shape index (κ3) is 5.84. The van der Waals surface area contributed by atoms with E-state index in [0.29, 0.717) is 18.7 Å². The number of hydrogen-bond acceptors (Lipinski definition) is 3. The minimum absolute atomic E-state index is 0.138. The lowest BCUT2D eigenvalue weighted by atomic mass is 10.1. The molecule has 0 aromatic heterocycles. The molecule has 0 bridgehead atoms. The van der Waals surface area contributed by atoms with E-state index in [1.54, 1.807) is 0 Å². The molecular formula is C19H23FN2O3S. The van der Waals surface area contributed by atoms with Crippen LogP contribution in [0.1, 0.15) is 24.0 Å². The van der Waals surface area contributed by atoms with Gasteiger partial charge in [0, 0.05) is 19.5 Å². The summed E-state index contributed by atoms with van der Waals surface area (Å²) in [6.45, 7) is 2.58. The van der Waals surface area contributed by atoms with Crippen molar-refractivity contribution in [3.63, 3.8) is 0 Å². The molecule has 0 atom stereocenters. The number of rotatable bonds is 8. The van der Waals surface area contributed by atoms with Crippen LogP contribution in [0.3, 0.4) is 0 Å². The molecule has 0 fully saturated rings. The monoisotopic (exact) mass is 378 g/mol. The maximum atomic E-state index is 13.0. The molecule has 5 nitrogen and oxygen atoms in total. The van der Waals surface area contributed by atoms with Crippen LogP contribution in [0.25, 0.3) is 0 Å². The van der Waals surface area contributed by atoms with E-state index in [-0.39, 0.29) is 18.9 Å². The van der Waals surface area contributed by atoms with Gasteiger partial charge in [-0.25, -0.2) is 12.8 Å². The Hall–Kier alpha value is -2.41. The molecule has 0 aliphatic carbocycles. The van der Waals surface area contributed by atoms with E-state index < -0.39 is 15.8 Å². The van der Waals surface area contributed by atoms with E-state index in [9.17, 15) is 17.6 Å². The largest absolute Gasteiger partial charge is 0.352 e. The van der Waals surface area contributed by atoms with Gasteiger partial charge in [0.25, 0.3) is 0 Å². The molecule has 0 saturated heterocycles. The second kappa shape index (κ2) is 8.80. The molecule has 140 valence electrons. The van der Waals surface area contributed by atoms with E-state index in [1.165, 1.54) is 28.6 Å². The summed E-state index contributed by atoms with van der Waals surface area (Å²) >= 11 is 0. The van der Waals surface area contributed by atoms with Crippen LogP contribution >= 0.6 is 0 Å². The zero-order chi connectivity index (χ0) is 19.2. The minimum atomic E-state index is -3.51. The van der Waals surface area contributed by atoms with Gasteiger partial charge in [-0.2, -0.15) is 0 Å². The van der Waals surface area contributed by atoms with Crippen molar-refractivity contribution in [2.45, 2.75) is 26.3 Å². The normalized spacial score (nSPS) is 11.2. The van der Waals surface area contributed by atoms with Gasteiger partial charge < -0.3 is 5.32 Å². The van der Waals surface area contributed by atoms with E-state index in [0.717, 1.165) is 17.4 Å². The van der Waals surface area contributed by atoms with Gasteiger partial charge in [-0.3, -0.25) is 9.10 Å². The fraction of sp³-hybridized carbons (Fsp3) is 0.316. The van der Waals surface area contributed by atoms with Crippen LogP contribution in [0.4, 0.5) is 10.1 Å². The van der Waals surface area contributed by atoms with Crippen molar-refractivity contribution in [2.75, 3.05) is 17.1 Å². The predicted octanol–water partition coefficient (Wildman–Crippen LogP) is 3.00. The standard InChI is InChI=1S/C19H23FN2O3S/c1-15-6-3-4-7-16(15)14-21-19(23)8-5-13-22(26(2,24)25)18-11-9-17(20)10-12-18/h3-4,6-7,9-12H,5,8,13-14H2,1-2H3,(H,21,23). The molecule has 0 radical (unpaired) electrons. The molecule has 7 heteroatoms. The lowest BCUT2D eigenvalue weighted by Gasteiger charge is -2.22. The van der Waals surface area contributed by atoms with Crippen molar-refractivity contribution >= 4 is 21.6 Å². The number of nitrogens with zero attached hydrogens (tertiary/aromatic N) is 1. The molecule has 1 N–H and O–H groups in total. The third-order valence-corrected chi connectivity index (χ3v) is 5.21. The van der Waals surface area contributed by atoms with Crippen molar-refractivity contribution in [2.24, 2.45) is 0 Å². The summed E-state index contributed by atoms with van der Waals surface area (Å²) in [7, 11) is -3.51. The van der Waals surface area contributed by atoms with Crippen LogP contribution in [-0.4, -0.2) is 27.1 Å². The number of halogens is 1. The Labute approximate surface area is 153 Å². The van der Waals surface area contributed by atoms with Gasteiger partial charge in [-0.15, -0.1) is 0 Å². The highest BCUT2D eigenvalue weighted by Gasteiger charge is 2.17. The number of aryl methyl sites for hydroxylation is 1. The number of carbonyl (C=O) groups excluding carboxylic acids is 1. The molecule has 0 aliphatic heterocycles. The smallest absolute Gasteiger partial charge is 0.232 e. The first kappa shape index (κ1) is 19.9. The van der Waals surface area contributed by atoms with Gasteiger partial charge in [-0.05, 0) is 48.7 Å². The summed E-state index contributed by atoms with van der Waals surface area (Å²) in [6.07, 6.45) is 1.66. The van der Waals surface area contributed by atoms with Crippen molar-refractivity contribution in [1.29, 1.82) is 0 Å². The van der Waals surface area contributed by atoms with Crippen molar-refractivity contribution in [1.82, 2.24) is 5.32 Å². The molecule has 0 unspecified atom stereocenters. The number of sulfonamides is 1. The SMILES string of the molecule is Cc1ccccc1CNC(=O)CCCN(c1ccc(F)cc1)S(C)(=O)=O. The highest BCUT2D eigenvalue weighted by Crippen LogP contribution is 2.18. The van der Waals surface area contributed by atoms with Gasteiger partial charge in [0.15, 0.2) is 0 Å². The van der Waals surface area contributed by atoms with Gasteiger partial charge in [0.05, 0.1) is 11.9 Å². The Morgan fingerprint density at radius 3 is 2.38 bits per heavy atom. The van der Waals surface area contributed by atoms with Crippen LogP contribution in [0.15, 0.2) is 48.5 Å². The lowest BCUT2D eigenvalue weighted by molar-refractivity contribution is -0.121. The molecule has 0 heterocycles. The summed E-state index contributed by atoms with van der Waals surface area (Å²) < 4.78 is 38.2. The number of carbonyl (C=O) groups is 1. The third-order valence-electron chi connectivity index (χ3n) is 4.02. The maximum absolute atomic E-state index is 13.0. The Balaban J connectivity index is 1.88. The van der Waals surface area contributed by atoms with E-state index in [1.807, 2.05) is 31.2 Å². The first-order valence-corrected chi connectivity index (χ1v) is 10.2. The molecule has 1 amide bonds. The zero-order valence-electron chi connectivity index (χ0n) is 14.9. The van der Waals surface area contributed by atoms with Crippen LogP contribution < -0.4 is 9.62 Å². The number of amides is 1. The summed E-state index contributed by atoms with van der Waals surface area (Å²) in [6, 6.07) is 13.0. The molecular weight excluding hydrogens is 355 g/mol. The van der Waals surface area contributed by atoms with Crippen LogP contribution in [-0.2, 0) is 21.4 Å². The molecule has 2 aromatic rings. The second-order valence-electron chi connectivity index (χ2n) is 6.12. The minimum Gasteiger partial charge on any atom is -0.352 e. The topological polar surface area (TPSA) is 66.5 Å². The Morgan fingerprint density at radius 2 is 1.77 bits per heavy atom. The van der Waals surface area contributed by atoms with E-state index in [2.05, 4.69) is 5.32 Å². The van der Waals surface area contributed by atoms with Crippen molar-refractivity contribution < 1.29 is 17.6 Å². The molecule has 2 aromatic carbocycles. The molecule has 0 saturated carbocycles. The van der Waals surface area contributed by atoms with E-state index in [4.69, 9.17) is 0 Å². The highest BCUT2D eigenvalue weighted by atomic mass is 32.2. The fourth-order valence-corrected chi connectivity index (χ4v) is 3.53. The number of hydrogen-bond donors (Lipinski definition) is 1. The van der Waals surface area contributed by atoms with Gasteiger partial charge in [-0.1, -0.05) is 24.3 Å². The van der Waals surface area contributed by atoms with Gasteiger partial charge >= 0.3 is 0 Å². The second-order valence-corrected chi connectivity index (χ2v) is 8.03. The Bertz CT molecular complexity index is 851. The maximum Gasteiger partial charge on any atom is 0.232 e. The number of anilines is 1. The van der Waals surface area contributed by atoms with Gasteiger partial charge in [0.2, 0.25) is 15.9 Å². The highest BCUT2D eigenvalue weighted by molar-refractivity contribution is 7.92. The number of nitrogens with one attached hydrogen (secondary N) is 1. The van der Waals surface area contributed by atoms with Crippen molar-refractivity contribution in [3.05, 3.63) is 65.5 Å². The quantitative estimate of drug-likeness (QED) is 0.768. The van der Waals surface area contributed by atoms with Crippen molar-refractivity contribution in [3.8, 4) is 0 Å². The fourth-order valence-electron chi connectivity index (χ4n) is 2.57.